The van der Waals surface area contributed by atoms with Gasteiger partial charge >= 0.3 is 0 Å². The van der Waals surface area contributed by atoms with Crippen LogP contribution in [-0.4, -0.2) is 17.0 Å². The van der Waals surface area contributed by atoms with Crippen molar-refractivity contribution in [2.24, 2.45) is 10.9 Å². The van der Waals surface area contributed by atoms with Gasteiger partial charge in [0.05, 0.1) is 5.56 Å². The molecule has 4 N–H and O–H groups in total. The van der Waals surface area contributed by atoms with Gasteiger partial charge in [0.1, 0.15) is 0 Å². The Labute approximate surface area is 134 Å². The molecule has 0 spiro atoms. The highest BCUT2D eigenvalue weighted by Crippen LogP contribution is 2.22. The Hall–Kier alpha value is -2.05. The van der Waals surface area contributed by atoms with E-state index in [2.05, 4.69) is 26.4 Å². The molecule has 0 unspecified atom stereocenters. The predicted octanol–water partition coefficient (Wildman–Crippen LogP) is 3.45. The number of amidine groups is 1. The van der Waals surface area contributed by atoms with Crippen molar-refractivity contribution >= 4 is 45.0 Å². The third-order valence-corrected chi connectivity index (χ3v) is 3.65. The Kier molecular flexibility index (Phi) is 4.82. The van der Waals surface area contributed by atoms with Crippen molar-refractivity contribution < 1.29 is 10.0 Å². The first-order valence-corrected chi connectivity index (χ1v) is 7.02. The summed E-state index contributed by atoms with van der Waals surface area (Å²) < 4.78 is 0.651. The van der Waals surface area contributed by atoms with Crippen LogP contribution in [0.4, 0.5) is 5.69 Å². The first-order chi connectivity index (χ1) is 10.0. The van der Waals surface area contributed by atoms with Crippen LogP contribution in [0.15, 0.2) is 52.1 Å². The maximum Gasteiger partial charge on any atom is 0.256 e. The second-order valence-electron chi connectivity index (χ2n) is 4.14. The summed E-state index contributed by atoms with van der Waals surface area (Å²) in [4.78, 5) is 12.2. The number of carbonyl (C=O) groups excluding carboxylic acids is 1. The lowest BCUT2D eigenvalue weighted by Crippen LogP contribution is -2.14. The zero-order chi connectivity index (χ0) is 15.4. The van der Waals surface area contributed by atoms with Gasteiger partial charge < -0.3 is 16.3 Å². The number of rotatable bonds is 3. The Balaban J connectivity index is 2.18. The van der Waals surface area contributed by atoms with Crippen LogP contribution in [-0.2, 0) is 0 Å². The summed E-state index contributed by atoms with van der Waals surface area (Å²) in [6.07, 6.45) is 0. The van der Waals surface area contributed by atoms with Gasteiger partial charge in [-0.05, 0) is 58.4 Å². The van der Waals surface area contributed by atoms with Crippen LogP contribution < -0.4 is 11.1 Å². The lowest BCUT2D eigenvalue weighted by molar-refractivity contribution is 0.102. The lowest BCUT2D eigenvalue weighted by atomic mass is 10.1. The normalized spacial score (nSPS) is 11.2. The van der Waals surface area contributed by atoms with Crippen molar-refractivity contribution in [1.29, 1.82) is 0 Å². The number of nitrogens with zero attached hydrogens (tertiary/aromatic N) is 1. The average molecular weight is 369 g/mol. The Bertz CT molecular complexity index is 702. The van der Waals surface area contributed by atoms with E-state index in [-0.39, 0.29) is 11.7 Å². The second kappa shape index (κ2) is 6.60. The third kappa shape index (κ3) is 3.74. The van der Waals surface area contributed by atoms with Crippen LogP contribution in [0, 0.1) is 0 Å². The number of amides is 1. The Morgan fingerprint density at radius 2 is 1.90 bits per heavy atom. The van der Waals surface area contributed by atoms with Crippen molar-refractivity contribution in [1.82, 2.24) is 0 Å². The van der Waals surface area contributed by atoms with Gasteiger partial charge in [0.2, 0.25) is 0 Å². The maximum absolute atomic E-state index is 12.2. The second-order valence-corrected chi connectivity index (χ2v) is 5.43. The number of nitrogens with two attached hydrogens (primary N) is 1. The summed E-state index contributed by atoms with van der Waals surface area (Å²) in [5.74, 6) is -0.286. The molecule has 0 radical (unpaired) electrons. The summed E-state index contributed by atoms with van der Waals surface area (Å²) in [5, 5.41) is 14.7. The molecule has 2 aromatic rings. The number of anilines is 1. The van der Waals surface area contributed by atoms with Gasteiger partial charge in [-0.25, -0.2) is 0 Å². The smallest absolute Gasteiger partial charge is 0.256 e. The molecule has 0 aliphatic rings. The summed E-state index contributed by atoms with van der Waals surface area (Å²) in [5.41, 5.74) is 7.04. The molecule has 7 heteroatoms. The van der Waals surface area contributed by atoms with Crippen molar-refractivity contribution in [3.05, 3.63) is 63.1 Å². The third-order valence-electron chi connectivity index (χ3n) is 2.72. The van der Waals surface area contributed by atoms with Crippen LogP contribution >= 0.6 is 27.5 Å². The highest BCUT2D eigenvalue weighted by atomic mass is 79.9. The summed E-state index contributed by atoms with van der Waals surface area (Å²) in [6, 6.07) is 11.6. The molecule has 5 nitrogen and oxygen atoms in total. The molecule has 0 heterocycles. The van der Waals surface area contributed by atoms with E-state index >= 15 is 0 Å². The molecule has 0 aliphatic carbocycles. The van der Waals surface area contributed by atoms with Crippen molar-refractivity contribution in [3.63, 3.8) is 0 Å². The minimum Gasteiger partial charge on any atom is -0.409 e. The molecule has 0 aromatic heterocycles. The number of hydrogen-bond acceptors (Lipinski definition) is 3. The van der Waals surface area contributed by atoms with Crippen molar-refractivity contribution in [3.8, 4) is 0 Å². The van der Waals surface area contributed by atoms with Gasteiger partial charge in [0.25, 0.3) is 5.91 Å². The monoisotopic (exact) mass is 367 g/mol. The van der Waals surface area contributed by atoms with Crippen LogP contribution in [0.1, 0.15) is 15.9 Å². The maximum atomic E-state index is 12.2. The summed E-state index contributed by atoms with van der Waals surface area (Å²) >= 11 is 9.19. The van der Waals surface area contributed by atoms with Gasteiger partial charge in [-0.1, -0.05) is 16.8 Å². The van der Waals surface area contributed by atoms with Gasteiger partial charge in [-0.3, -0.25) is 4.79 Å². The zero-order valence-corrected chi connectivity index (χ0v) is 13.0. The minimum absolute atomic E-state index is 0.00506. The molecule has 0 fully saturated rings. The molecule has 1 amide bonds. The molecule has 0 atom stereocenters. The van der Waals surface area contributed by atoms with Gasteiger partial charge in [-0.15, -0.1) is 0 Å². The van der Waals surface area contributed by atoms with E-state index in [1.54, 1.807) is 42.5 Å². The van der Waals surface area contributed by atoms with Gasteiger partial charge in [-0.2, -0.15) is 0 Å². The minimum atomic E-state index is -0.291. The molecular weight excluding hydrogens is 358 g/mol. The highest BCUT2D eigenvalue weighted by molar-refractivity contribution is 9.10. The molecule has 0 saturated carbocycles. The Morgan fingerprint density at radius 1 is 1.24 bits per heavy atom. The summed E-state index contributed by atoms with van der Waals surface area (Å²) in [7, 11) is 0. The lowest BCUT2D eigenvalue weighted by Gasteiger charge is -2.08. The van der Waals surface area contributed by atoms with E-state index < -0.39 is 0 Å². The fourth-order valence-corrected chi connectivity index (χ4v) is 2.25. The molecule has 2 rings (SSSR count). The molecule has 0 aliphatic heterocycles. The number of hydrogen-bond donors (Lipinski definition) is 3. The van der Waals surface area contributed by atoms with Crippen LogP contribution in [0.25, 0.3) is 0 Å². The number of nitrogens with one attached hydrogen (secondary N) is 1. The van der Waals surface area contributed by atoms with E-state index in [1.165, 1.54) is 0 Å². The predicted molar refractivity (Wildman–Crippen MR) is 86.1 cm³/mol. The van der Waals surface area contributed by atoms with E-state index in [0.717, 1.165) is 0 Å². The molecule has 21 heavy (non-hydrogen) atoms. The van der Waals surface area contributed by atoms with Crippen LogP contribution in [0.2, 0.25) is 5.02 Å². The van der Waals surface area contributed by atoms with E-state index in [4.69, 9.17) is 22.5 Å². The number of benzene rings is 2. The first kappa shape index (κ1) is 15.3. The molecule has 2 aromatic carbocycles. The molecular formula is C14H11BrClN3O2. The topological polar surface area (TPSA) is 87.7 Å². The fraction of sp³-hybridized carbons (Fsp3) is 0. The standard InChI is InChI=1S/C14H11BrClN3O2/c15-12-6-3-9(16)7-11(12)14(20)18-10-4-1-8(2-5-10)13(17)19-21/h1-7,21H,(H2,17,19)(H,18,20). The fourth-order valence-electron chi connectivity index (χ4n) is 1.65. The van der Waals surface area contributed by atoms with Crippen LogP contribution in [0.3, 0.4) is 0 Å². The van der Waals surface area contributed by atoms with E-state index in [9.17, 15) is 4.79 Å². The largest absolute Gasteiger partial charge is 0.409 e. The molecule has 0 saturated heterocycles. The van der Waals surface area contributed by atoms with Gasteiger partial charge in [0.15, 0.2) is 5.84 Å². The zero-order valence-electron chi connectivity index (χ0n) is 10.7. The van der Waals surface area contributed by atoms with Gasteiger partial charge in [0, 0.05) is 20.7 Å². The highest BCUT2D eigenvalue weighted by Gasteiger charge is 2.11. The van der Waals surface area contributed by atoms with Crippen molar-refractivity contribution in [2.45, 2.75) is 0 Å². The SMILES string of the molecule is N/C(=N/O)c1ccc(NC(=O)c2cc(Cl)ccc2Br)cc1. The molecule has 0 bridgehead atoms. The Morgan fingerprint density at radius 3 is 2.52 bits per heavy atom. The first-order valence-electron chi connectivity index (χ1n) is 5.85. The summed E-state index contributed by atoms with van der Waals surface area (Å²) in [6.45, 7) is 0. The quantitative estimate of drug-likeness (QED) is 0.335. The number of oxime groups is 1. The average Bonchev–Trinajstić information content (AvgIpc) is 2.49. The van der Waals surface area contributed by atoms with E-state index in [0.29, 0.717) is 26.3 Å². The van der Waals surface area contributed by atoms with Crippen molar-refractivity contribution in [2.75, 3.05) is 5.32 Å². The van der Waals surface area contributed by atoms with Crippen LogP contribution in [0.5, 0.6) is 0 Å². The molecule has 108 valence electrons. The number of halogens is 2. The van der Waals surface area contributed by atoms with E-state index in [1.807, 2.05) is 0 Å². The number of carbonyl (C=O) groups is 1.